The number of fused-ring (bicyclic) bond motifs is 1. The molecular formula is C15H20N4O3. The van der Waals surface area contributed by atoms with Gasteiger partial charge in [0.15, 0.2) is 5.65 Å². The maximum absolute atomic E-state index is 12.2. The molecule has 118 valence electrons. The van der Waals surface area contributed by atoms with Gasteiger partial charge in [-0.25, -0.2) is 9.48 Å². The summed E-state index contributed by atoms with van der Waals surface area (Å²) in [5.74, 6) is 0.161. The number of pyridine rings is 1. The minimum atomic E-state index is -0.390. The van der Waals surface area contributed by atoms with E-state index in [4.69, 9.17) is 0 Å². The van der Waals surface area contributed by atoms with Gasteiger partial charge < -0.3 is 10.0 Å². The third-order valence-electron chi connectivity index (χ3n) is 4.29. The zero-order chi connectivity index (χ0) is 15.7. The number of aliphatic hydroxyl groups excluding tert-OH is 1. The highest BCUT2D eigenvalue weighted by atomic mass is 16.3. The zero-order valence-electron chi connectivity index (χ0n) is 12.6. The fraction of sp³-hybridized carbons (Fsp3) is 0.533. The number of amides is 1. The molecule has 3 rings (SSSR count). The van der Waals surface area contributed by atoms with Crippen LogP contribution in [0.4, 0.5) is 0 Å². The van der Waals surface area contributed by atoms with Gasteiger partial charge in [0.05, 0.1) is 12.6 Å². The monoisotopic (exact) mass is 304 g/mol. The predicted molar refractivity (Wildman–Crippen MR) is 80.4 cm³/mol. The highest BCUT2D eigenvalue weighted by Gasteiger charge is 2.28. The van der Waals surface area contributed by atoms with E-state index in [9.17, 15) is 14.7 Å². The number of aliphatic hydroxyl groups is 1. The molecule has 2 atom stereocenters. The third-order valence-corrected chi connectivity index (χ3v) is 4.29. The molecule has 0 aliphatic carbocycles. The van der Waals surface area contributed by atoms with Crippen LogP contribution >= 0.6 is 0 Å². The van der Waals surface area contributed by atoms with Crippen molar-refractivity contribution >= 4 is 11.6 Å². The Kier molecular flexibility index (Phi) is 3.98. The van der Waals surface area contributed by atoms with Crippen molar-refractivity contribution < 1.29 is 9.90 Å². The highest BCUT2D eigenvalue weighted by Crippen LogP contribution is 2.20. The van der Waals surface area contributed by atoms with Crippen molar-refractivity contribution in [2.24, 2.45) is 5.92 Å². The molecule has 0 aromatic carbocycles. The van der Waals surface area contributed by atoms with Crippen LogP contribution in [0.3, 0.4) is 0 Å². The first-order valence-electron chi connectivity index (χ1n) is 7.56. The van der Waals surface area contributed by atoms with Gasteiger partial charge in [0.1, 0.15) is 0 Å². The Bertz CT molecular complexity index is 734. The van der Waals surface area contributed by atoms with E-state index in [2.05, 4.69) is 5.10 Å². The number of likely N-dealkylation sites (tertiary alicyclic amines) is 1. The molecule has 2 unspecified atom stereocenters. The van der Waals surface area contributed by atoms with E-state index in [1.165, 1.54) is 9.08 Å². The molecule has 1 aliphatic rings. The lowest BCUT2D eigenvalue weighted by Crippen LogP contribution is -2.32. The summed E-state index contributed by atoms with van der Waals surface area (Å²) < 4.78 is 2.79. The lowest BCUT2D eigenvalue weighted by Gasteiger charge is -2.17. The summed E-state index contributed by atoms with van der Waals surface area (Å²) in [6.07, 6.45) is 2.35. The maximum atomic E-state index is 12.2. The van der Waals surface area contributed by atoms with Crippen molar-refractivity contribution in [2.75, 3.05) is 13.1 Å². The van der Waals surface area contributed by atoms with E-state index in [0.717, 1.165) is 6.42 Å². The van der Waals surface area contributed by atoms with Gasteiger partial charge in [-0.2, -0.15) is 0 Å². The number of nitrogens with zero attached hydrogens (tertiary/aromatic N) is 4. The van der Waals surface area contributed by atoms with Crippen molar-refractivity contribution in [2.45, 2.75) is 32.4 Å². The average molecular weight is 304 g/mol. The number of hydrogen-bond donors (Lipinski definition) is 1. The Morgan fingerprint density at radius 1 is 1.50 bits per heavy atom. The van der Waals surface area contributed by atoms with Gasteiger partial charge in [0.25, 0.3) is 0 Å². The van der Waals surface area contributed by atoms with Gasteiger partial charge in [-0.15, -0.1) is 5.10 Å². The summed E-state index contributed by atoms with van der Waals surface area (Å²) >= 11 is 0. The molecule has 3 heterocycles. The highest BCUT2D eigenvalue weighted by molar-refractivity contribution is 5.76. The fourth-order valence-corrected chi connectivity index (χ4v) is 2.88. The summed E-state index contributed by atoms with van der Waals surface area (Å²) in [5, 5.41) is 13.8. The number of aromatic nitrogens is 3. The summed E-state index contributed by atoms with van der Waals surface area (Å²) in [7, 11) is 0. The Morgan fingerprint density at radius 3 is 3.00 bits per heavy atom. The molecule has 7 nitrogen and oxygen atoms in total. The molecule has 1 N–H and O–H groups in total. The molecule has 0 saturated carbocycles. The Hall–Kier alpha value is -2.15. The van der Waals surface area contributed by atoms with Gasteiger partial charge in [-0.05, 0) is 25.5 Å². The Morgan fingerprint density at radius 2 is 2.32 bits per heavy atom. The van der Waals surface area contributed by atoms with Crippen LogP contribution in [0, 0.1) is 5.92 Å². The quantitative estimate of drug-likeness (QED) is 0.870. The van der Waals surface area contributed by atoms with Crippen LogP contribution in [0.15, 0.2) is 29.2 Å². The second kappa shape index (κ2) is 5.92. The minimum Gasteiger partial charge on any atom is -0.393 e. The third kappa shape index (κ3) is 2.76. The zero-order valence-corrected chi connectivity index (χ0v) is 12.6. The van der Waals surface area contributed by atoms with Crippen LogP contribution in [-0.2, 0) is 11.3 Å². The molecule has 2 aromatic heterocycles. The van der Waals surface area contributed by atoms with Crippen LogP contribution in [0.1, 0.15) is 19.8 Å². The van der Waals surface area contributed by atoms with E-state index in [1.807, 2.05) is 6.07 Å². The summed E-state index contributed by atoms with van der Waals surface area (Å²) in [4.78, 5) is 26.1. The van der Waals surface area contributed by atoms with Gasteiger partial charge >= 0.3 is 5.69 Å². The van der Waals surface area contributed by atoms with E-state index in [-0.39, 0.29) is 36.6 Å². The standard InChI is InChI=1S/C15H20N4O3/c1-11(20)12-5-8-17(10-12)14(21)6-9-19-15(22)18-7-3-2-4-13(18)16-19/h2-4,7,11-12,20H,5-6,8-10H2,1H3. The predicted octanol–water partition coefficient (Wildman–Crippen LogP) is 0.115. The first-order chi connectivity index (χ1) is 10.6. The topological polar surface area (TPSA) is 79.8 Å². The van der Waals surface area contributed by atoms with Crippen molar-refractivity contribution in [1.82, 2.24) is 19.1 Å². The molecular weight excluding hydrogens is 284 g/mol. The average Bonchev–Trinajstić information content (AvgIpc) is 3.11. The van der Waals surface area contributed by atoms with E-state index >= 15 is 0 Å². The molecule has 1 amide bonds. The maximum Gasteiger partial charge on any atom is 0.350 e. The number of carbonyl (C=O) groups is 1. The van der Waals surface area contributed by atoms with Crippen molar-refractivity contribution in [3.05, 3.63) is 34.9 Å². The minimum absolute atomic E-state index is 0.00658. The molecule has 1 fully saturated rings. The summed E-state index contributed by atoms with van der Waals surface area (Å²) in [6.45, 7) is 3.30. The fourth-order valence-electron chi connectivity index (χ4n) is 2.88. The Labute approximate surface area is 127 Å². The van der Waals surface area contributed by atoms with Crippen LogP contribution in [-0.4, -0.2) is 49.3 Å². The molecule has 7 heteroatoms. The number of rotatable bonds is 4. The lowest BCUT2D eigenvalue weighted by molar-refractivity contribution is -0.130. The Balaban J connectivity index is 1.63. The molecule has 0 spiro atoms. The van der Waals surface area contributed by atoms with E-state index in [1.54, 1.807) is 30.2 Å². The molecule has 2 aromatic rings. The first kappa shape index (κ1) is 14.8. The van der Waals surface area contributed by atoms with Gasteiger partial charge in [-0.1, -0.05) is 6.07 Å². The van der Waals surface area contributed by atoms with Crippen LogP contribution in [0.2, 0.25) is 0 Å². The summed E-state index contributed by atoms with van der Waals surface area (Å²) in [6, 6.07) is 5.34. The smallest absolute Gasteiger partial charge is 0.350 e. The first-order valence-corrected chi connectivity index (χ1v) is 7.56. The number of hydrogen-bond acceptors (Lipinski definition) is 4. The van der Waals surface area contributed by atoms with E-state index in [0.29, 0.717) is 18.7 Å². The molecule has 1 saturated heterocycles. The van der Waals surface area contributed by atoms with Crippen LogP contribution in [0.25, 0.3) is 5.65 Å². The van der Waals surface area contributed by atoms with E-state index < -0.39 is 0 Å². The molecule has 0 radical (unpaired) electrons. The SMILES string of the molecule is CC(O)C1CCN(C(=O)CCn2nc3ccccn3c2=O)C1. The van der Waals surface area contributed by atoms with Gasteiger partial charge in [0, 0.05) is 31.6 Å². The molecule has 22 heavy (non-hydrogen) atoms. The van der Waals surface area contributed by atoms with Crippen LogP contribution in [0.5, 0.6) is 0 Å². The van der Waals surface area contributed by atoms with Crippen LogP contribution < -0.4 is 5.69 Å². The normalized spacial score (nSPS) is 19.7. The van der Waals surface area contributed by atoms with Gasteiger partial charge in [0.2, 0.25) is 5.91 Å². The second-order valence-electron chi connectivity index (χ2n) is 5.81. The van der Waals surface area contributed by atoms with Crippen molar-refractivity contribution in [1.29, 1.82) is 0 Å². The number of aryl methyl sites for hydroxylation is 1. The lowest BCUT2D eigenvalue weighted by atomic mass is 10.0. The largest absolute Gasteiger partial charge is 0.393 e. The van der Waals surface area contributed by atoms with Crippen molar-refractivity contribution in [3.63, 3.8) is 0 Å². The number of carbonyl (C=O) groups excluding carboxylic acids is 1. The summed E-state index contributed by atoms with van der Waals surface area (Å²) in [5.41, 5.74) is 0.349. The van der Waals surface area contributed by atoms with Crippen molar-refractivity contribution in [3.8, 4) is 0 Å². The molecule has 0 bridgehead atoms. The molecule has 1 aliphatic heterocycles. The second-order valence-corrected chi connectivity index (χ2v) is 5.81. The van der Waals surface area contributed by atoms with Gasteiger partial charge in [-0.3, -0.25) is 9.20 Å².